The van der Waals surface area contributed by atoms with Crippen LogP contribution in [0, 0.1) is 0 Å². The van der Waals surface area contributed by atoms with E-state index in [4.69, 9.17) is 5.11 Å². The Balaban J connectivity index is 1.24. The Hall–Kier alpha value is -3.39. The van der Waals surface area contributed by atoms with Crippen molar-refractivity contribution in [3.05, 3.63) is 65.7 Å². The summed E-state index contributed by atoms with van der Waals surface area (Å²) >= 11 is 0. The highest BCUT2D eigenvalue weighted by Crippen LogP contribution is 2.40. The maximum absolute atomic E-state index is 13.9. The average molecular weight is 561 g/mol. The molecule has 0 aromatic heterocycles. The Kier molecular flexibility index (Phi) is 9.60. The van der Waals surface area contributed by atoms with Crippen LogP contribution >= 0.6 is 0 Å². The normalized spacial score (nSPS) is 19.1. The fourth-order valence-electron chi connectivity index (χ4n) is 6.79. The van der Waals surface area contributed by atoms with E-state index in [1.54, 1.807) is 4.90 Å². The van der Waals surface area contributed by atoms with Crippen LogP contribution in [0.25, 0.3) is 0 Å². The monoisotopic (exact) mass is 560 g/mol. The largest absolute Gasteiger partial charge is 0.396 e. The van der Waals surface area contributed by atoms with E-state index in [1.165, 1.54) is 37.7 Å². The minimum absolute atomic E-state index is 0.0138. The second kappa shape index (κ2) is 13.5. The van der Waals surface area contributed by atoms with Gasteiger partial charge in [-0.15, -0.1) is 0 Å². The van der Waals surface area contributed by atoms with Gasteiger partial charge in [-0.25, -0.2) is 0 Å². The first-order valence-corrected chi connectivity index (χ1v) is 15.4. The van der Waals surface area contributed by atoms with E-state index in [-0.39, 0.29) is 30.9 Å². The van der Waals surface area contributed by atoms with Crippen LogP contribution in [-0.2, 0) is 9.59 Å². The smallest absolute Gasteiger partial charge is 0.253 e. The van der Waals surface area contributed by atoms with Crippen molar-refractivity contribution < 1.29 is 19.5 Å². The summed E-state index contributed by atoms with van der Waals surface area (Å²) in [5, 5.41) is 11.8. The number of rotatable bonds is 10. The number of carbonyl (C=O) groups is 3. The molecule has 0 radical (unpaired) electrons. The quantitative estimate of drug-likeness (QED) is 0.423. The summed E-state index contributed by atoms with van der Waals surface area (Å²) in [6, 6.07) is 18.1. The van der Waals surface area contributed by atoms with Crippen LogP contribution < -0.4 is 10.2 Å². The highest BCUT2D eigenvalue weighted by molar-refractivity contribution is 5.97. The summed E-state index contributed by atoms with van der Waals surface area (Å²) < 4.78 is 0. The van der Waals surface area contributed by atoms with Crippen LogP contribution in [0.2, 0.25) is 0 Å². The van der Waals surface area contributed by atoms with Gasteiger partial charge in [0, 0.05) is 37.5 Å². The lowest BCUT2D eigenvalue weighted by atomic mass is 9.83. The van der Waals surface area contributed by atoms with E-state index in [2.05, 4.69) is 22.3 Å². The molecule has 8 nitrogen and oxygen atoms in total. The summed E-state index contributed by atoms with van der Waals surface area (Å²) in [6.07, 6.45) is 9.77. The van der Waals surface area contributed by atoms with Crippen molar-refractivity contribution in [1.29, 1.82) is 0 Å². The first-order chi connectivity index (χ1) is 20.0. The van der Waals surface area contributed by atoms with E-state index < -0.39 is 5.54 Å². The fraction of sp³-hybridized carbons (Fsp3) is 0.545. The van der Waals surface area contributed by atoms with Crippen molar-refractivity contribution in [2.45, 2.75) is 75.7 Å². The Morgan fingerprint density at radius 1 is 0.902 bits per heavy atom. The van der Waals surface area contributed by atoms with Crippen LogP contribution in [0.15, 0.2) is 54.6 Å². The molecule has 5 rings (SSSR count). The number of carbonyl (C=O) groups excluding carboxylic acids is 3. The molecule has 2 aliphatic heterocycles. The zero-order valence-electron chi connectivity index (χ0n) is 24.1. The molecule has 3 amide bonds. The molecule has 2 aromatic carbocycles. The van der Waals surface area contributed by atoms with Gasteiger partial charge in [0.15, 0.2) is 0 Å². The van der Waals surface area contributed by atoms with Gasteiger partial charge in [-0.3, -0.25) is 14.4 Å². The third-order valence-corrected chi connectivity index (χ3v) is 9.19. The zero-order chi connectivity index (χ0) is 28.7. The second-order valence-electron chi connectivity index (χ2n) is 11.8. The zero-order valence-corrected chi connectivity index (χ0v) is 24.1. The lowest BCUT2D eigenvalue weighted by molar-refractivity contribution is -0.137. The van der Waals surface area contributed by atoms with Gasteiger partial charge in [-0.1, -0.05) is 49.6 Å². The topological polar surface area (TPSA) is 93.2 Å². The van der Waals surface area contributed by atoms with Crippen molar-refractivity contribution in [3.63, 3.8) is 0 Å². The van der Waals surface area contributed by atoms with Crippen molar-refractivity contribution in [2.24, 2.45) is 0 Å². The Labute approximate surface area is 243 Å². The molecule has 3 fully saturated rings. The van der Waals surface area contributed by atoms with E-state index in [0.717, 1.165) is 24.9 Å². The van der Waals surface area contributed by atoms with Crippen LogP contribution in [0.1, 0.15) is 86.0 Å². The molecule has 41 heavy (non-hydrogen) atoms. The molecule has 8 heteroatoms. The SMILES string of the molecule is O=C(CN1CN(c2ccccc2)C2(CCN(C(=O)c3ccc(C4CCCCC4)cc3)CC2)C1=O)NCCCCCO. The number of aliphatic hydroxyl groups is 1. The number of likely N-dealkylation sites (tertiary alicyclic amines) is 1. The molecule has 2 saturated heterocycles. The van der Waals surface area contributed by atoms with Crippen molar-refractivity contribution in [1.82, 2.24) is 15.1 Å². The summed E-state index contributed by atoms with van der Waals surface area (Å²) in [5.41, 5.74) is 2.22. The number of amides is 3. The number of nitrogens with one attached hydrogen (secondary N) is 1. The van der Waals surface area contributed by atoms with Crippen LogP contribution in [-0.4, -0.2) is 77.6 Å². The van der Waals surface area contributed by atoms with Gasteiger partial charge >= 0.3 is 0 Å². The summed E-state index contributed by atoms with van der Waals surface area (Å²) in [4.78, 5) is 45.7. The average Bonchev–Trinajstić information content (AvgIpc) is 3.28. The third-order valence-electron chi connectivity index (χ3n) is 9.19. The van der Waals surface area contributed by atoms with Crippen LogP contribution in [0.3, 0.4) is 0 Å². The number of hydrogen-bond acceptors (Lipinski definition) is 5. The molecule has 1 spiro atoms. The van der Waals surface area contributed by atoms with Gasteiger partial charge < -0.3 is 25.1 Å². The molecule has 3 aliphatic rings. The maximum atomic E-state index is 13.9. The number of anilines is 1. The maximum Gasteiger partial charge on any atom is 0.253 e. The summed E-state index contributed by atoms with van der Waals surface area (Å²) in [5.74, 6) is 0.415. The number of aliphatic hydroxyl groups excluding tert-OH is 1. The molecule has 220 valence electrons. The van der Waals surface area contributed by atoms with Gasteiger partial charge in [0.05, 0.1) is 6.67 Å². The molecule has 1 aliphatic carbocycles. The molecule has 1 saturated carbocycles. The minimum Gasteiger partial charge on any atom is -0.396 e. The molecule has 2 aromatic rings. The number of hydrogen-bond donors (Lipinski definition) is 2. The van der Waals surface area contributed by atoms with E-state index in [1.807, 2.05) is 47.4 Å². The van der Waals surface area contributed by atoms with Crippen LogP contribution in [0.4, 0.5) is 5.69 Å². The van der Waals surface area contributed by atoms with Gasteiger partial charge in [0.1, 0.15) is 12.1 Å². The number of piperidine rings is 1. The number of para-hydroxylation sites is 1. The fourth-order valence-corrected chi connectivity index (χ4v) is 6.79. The Morgan fingerprint density at radius 2 is 1.61 bits per heavy atom. The van der Waals surface area contributed by atoms with Crippen molar-refractivity contribution in [2.75, 3.05) is 44.4 Å². The highest BCUT2D eigenvalue weighted by Gasteiger charge is 2.54. The molecule has 0 atom stereocenters. The van der Waals surface area contributed by atoms with E-state index >= 15 is 0 Å². The molecular formula is C33H44N4O4. The summed E-state index contributed by atoms with van der Waals surface area (Å²) in [7, 11) is 0. The molecule has 0 bridgehead atoms. The van der Waals surface area contributed by atoms with Gasteiger partial charge in [-0.05, 0) is 80.7 Å². The first-order valence-electron chi connectivity index (χ1n) is 15.4. The molecule has 2 heterocycles. The number of benzene rings is 2. The second-order valence-corrected chi connectivity index (χ2v) is 11.8. The van der Waals surface area contributed by atoms with Crippen molar-refractivity contribution >= 4 is 23.4 Å². The lowest BCUT2D eigenvalue weighted by Crippen LogP contribution is -2.57. The standard InChI is InChI=1S/C33H44N4O4/c38-23-9-3-8-20-34-30(39)24-36-25-37(29-12-6-2-7-13-29)33(32(36)41)18-21-35(22-19-33)31(40)28-16-14-27(15-17-28)26-10-4-1-5-11-26/h2,6-7,12-17,26,38H,1,3-5,8-11,18-25H2,(H,34,39). The van der Waals surface area contributed by atoms with Crippen LogP contribution in [0.5, 0.6) is 0 Å². The lowest BCUT2D eigenvalue weighted by Gasteiger charge is -2.43. The third kappa shape index (κ3) is 6.58. The van der Waals surface area contributed by atoms with E-state index in [0.29, 0.717) is 50.6 Å². The minimum atomic E-state index is -0.773. The molecule has 2 N–H and O–H groups in total. The Morgan fingerprint density at radius 3 is 2.29 bits per heavy atom. The molecular weight excluding hydrogens is 516 g/mol. The summed E-state index contributed by atoms with van der Waals surface area (Å²) in [6.45, 7) is 2.03. The van der Waals surface area contributed by atoms with Gasteiger partial charge in [0.2, 0.25) is 5.91 Å². The predicted molar refractivity (Wildman–Crippen MR) is 160 cm³/mol. The van der Waals surface area contributed by atoms with Crippen molar-refractivity contribution in [3.8, 4) is 0 Å². The number of nitrogens with zero attached hydrogens (tertiary/aromatic N) is 3. The van der Waals surface area contributed by atoms with E-state index in [9.17, 15) is 14.4 Å². The predicted octanol–water partition coefficient (Wildman–Crippen LogP) is 4.29. The van der Waals surface area contributed by atoms with Gasteiger partial charge in [-0.2, -0.15) is 0 Å². The first kappa shape index (κ1) is 29.1. The highest BCUT2D eigenvalue weighted by atomic mass is 16.3. The number of unbranched alkanes of at least 4 members (excludes halogenated alkanes) is 2. The van der Waals surface area contributed by atoms with Gasteiger partial charge in [0.25, 0.3) is 11.8 Å². The molecule has 0 unspecified atom stereocenters. The Bertz CT molecular complexity index is 1170.